The summed E-state index contributed by atoms with van der Waals surface area (Å²) in [5.41, 5.74) is 0. The van der Waals surface area contributed by atoms with E-state index in [-0.39, 0.29) is 18.3 Å². The summed E-state index contributed by atoms with van der Waals surface area (Å²) in [4.78, 5) is 24.4. The molecule has 1 atom stereocenters. The standard InChI is InChI=1S/C12H22N2O4.ClH/c1-2-3-10(12(16)17)13-5-4-11(15)14-6-8-18-9-7-14;/h10,13H,2-9H2,1H3,(H,16,17);1H. The Morgan fingerprint density at radius 1 is 1.37 bits per heavy atom. The minimum Gasteiger partial charge on any atom is -0.480 e. The number of ether oxygens (including phenoxy) is 1. The van der Waals surface area contributed by atoms with Gasteiger partial charge in [-0.05, 0) is 6.42 Å². The molecule has 112 valence electrons. The third-order valence-electron chi connectivity index (χ3n) is 2.97. The van der Waals surface area contributed by atoms with Crippen LogP contribution in [-0.4, -0.2) is 60.8 Å². The molecular weight excluding hydrogens is 272 g/mol. The van der Waals surface area contributed by atoms with Gasteiger partial charge in [0.15, 0.2) is 0 Å². The first kappa shape index (κ1) is 18.1. The molecule has 0 spiro atoms. The second-order valence-electron chi connectivity index (χ2n) is 4.38. The zero-order valence-electron chi connectivity index (χ0n) is 11.3. The minimum absolute atomic E-state index is 0. The molecule has 19 heavy (non-hydrogen) atoms. The number of nitrogens with one attached hydrogen (secondary N) is 1. The maximum Gasteiger partial charge on any atom is 0.320 e. The first-order valence-electron chi connectivity index (χ1n) is 6.47. The molecule has 1 rings (SSSR count). The number of nitrogens with zero attached hydrogens (tertiary/aromatic N) is 1. The maximum absolute atomic E-state index is 11.8. The minimum atomic E-state index is -0.851. The van der Waals surface area contributed by atoms with Crippen molar-refractivity contribution >= 4 is 24.3 Å². The van der Waals surface area contributed by atoms with E-state index in [0.29, 0.717) is 45.7 Å². The molecule has 0 aliphatic carbocycles. The van der Waals surface area contributed by atoms with E-state index in [4.69, 9.17) is 9.84 Å². The zero-order chi connectivity index (χ0) is 13.4. The molecule has 1 unspecified atom stereocenters. The van der Waals surface area contributed by atoms with Crippen molar-refractivity contribution in [1.29, 1.82) is 0 Å². The maximum atomic E-state index is 11.8. The fourth-order valence-electron chi connectivity index (χ4n) is 1.93. The predicted molar refractivity (Wildman–Crippen MR) is 73.6 cm³/mol. The number of amides is 1. The summed E-state index contributed by atoms with van der Waals surface area (Å²) in [6.45, 7) is 4.80. The molecule has 1 amide bonds. The Hall–Kier alpha value is -0.850. The van der Waals surface area contributed by atoms with Gasteiger partial charge in [-0.3, -0.25) is 9.59 Å². The van der Waals surface area contributed by atoms with E-state index in [1.165, 1.54) is 0 Å². The molecule has 1 fully saturated rings. The summed E-state index contributed by atoms with van der Waals surface area (Å²) in [6.07, 6.45) is 1.73. The summed E-state index contributed by atoms with van der Waals surface area (Å²) in [5.74, 6) is -0.790. The molecule has 0 radical (unpaired) electrons. The molecule has 7 heteroatoms. The highest BCUT2D eigenvalue weighted by atomic mass is 35.5. The van der Waals surface area contributed by atoms with E-state index in [1.54, 1.807) is 4.90 Å². The molecule has 1 heterocycles. The van der Waals surface area contributed by atoms with Crippen LogP contribution in [0.1, 0.15) is 26.2 Å². The molecule has 0 saturated carbocycles. The number of hydrogen-bond acceptors (Lipinski definition) is 4. The van der Waals surface area contributed by atoms with Crippen molar-refractivity contribution in [2.45, 2.75) is 32.2 Å². The lowest BCUT2D eigenvalue weighted by Gasteiger charge is -2.27. The van der Waals surface area contributed by atoms with Crippen LogP contribution < -0.4 is 5.32 Å². The van der Waals surface area contributed by atoms with Crippen molar-refractivity contribution in [3.05, 3.63) is 0 Å². The van der Waals surface area contributed by atoms with Gasteiger partial charge >= 0.3 is 5.97 Å². The van der Waals surface area contributed by atoms with E-state index < -0.39 is 12.0 Å². The molecule has 1 saturated heterocycles. The van der Waals surface area contributed by atoms with Crippen LogP contribution in [0, 0.1) is 0 Å². The molecule has 6 nitrogen and oxygen atoms in total. The van der Waals surface area contributed by atoms with Crippen LogP contribution in [0.2, 0.25) is 0 Å². The molecule has 0 aromatic carbocycles. The average molecular weight is 295 g/mol. The van der Waals surface area contributed by atoms with Crippen molar-refractivity contribution < 1.29 is 19.4 Å². The SMILES string of the molecule is CCCC(NCCC(=O)N1CCOCC1)C(=O)O.Cl. The fraction of sp³-hybridized carbons (Fsp3) is 0.833. The van der Waals surface area contributed by atoms with Crippen molar-refractivity contribution in [2.75, 3.05) is 32.8 Å². The number of aliphatic carboxylic acids is 1. The summed E-state index contributed by atoms with van der Waals surface area (Å²) in [6, 6.07) is -0.549. The largest absolute Gasteiger partial charge is 0.480 e. The van der Waals surface area contributed by atoms with Crippen LogP contribution in [0.25, 0.3) is 0 Å². The van der Waals surface area contributed by atoms with E-state index >= 15 is 0 Å². The molecule has 1 aliphatic heterocycles. The Balaban J connectivity index is 0.00000324. The number of carboxylic acids is 1. The lowest BCUT2D eigenvalue weighted by atomic mass is 10.1. The highest BCUT2D eigenvalue weighted by Crippen LogP contribution is 2.01. The first-order valence-corrected chi connectivity index (χ1v) is 6.47. The van der Waals surface area contributed by atoms with Gasteiger partial charge < -0.3 is 20.1 Å². The van der Waals surface area contributed by atoms with E-state index in [1.807, 2.05) is 6.92 Å². The number of hydrogen-bond donors (Lipinski definition) is 2. The normalized spacial score (nSPS) is 16.6. The van der Waals surface area contributed by atoms with Gasteiger partial charge in [-0.1, -0.05) is 13.3 Å². The summed E-state index contributed by atoms with van der Waals surface area (Å²) in [7, 11) is 0. The van der Waals surface area contributed by atoms with Gasteiger partial charge in [0.2, 0.25) is 5.91 Å². The second-order valence-corrected chi connectivity index (χ2v) is 4.38. The molecule has 1 aliphatic rings. The Bertz CT molecular complexity index is 283. The Morgan fingerprint density at radius 3 is 2.53 bits per heavy atom. The fourth-order valence-corrected chi connectivity index (χ4v) is 1.93. The Kier molecular flexibility index (Phi) is 9.55. The number of carbonyl (C=O) groups excluding carboxylic acids is 1. The summed E-state index contributed by atoms with van der Waals surface area (Å²) >= 11 is 0. The van der Waals surface area contributed by atoms with Crippen molar-refractivity contribution in [2.24, 2.45) is 0 Å². The predicted octanol–water partition coefficient (Wildman–Crippen LogP) is 0.500. The second kappa shape index (κ2) is 10.00. The third kappa shape index (κ3) is 6.75. The van der Waals surface area contributed by atoms with Gasteiger partial charge in [0.25, 0.3) is 0 Å². The van der Waals surface area contributed by atoms with Crippen LogP contribution in [0.4, 0.5) is 0 Å². The number of morpholine rings is 1. The van der Waals surface area contributed by atoms with Crippen LogP contribution in [0.15, 0.2) is 0 Å². The highest BCUT2D eigenvalue weighted by Gasteiger charge is 2.18. The van der Waals surface area contributed by atoms with E-state index in [2.05, 4.69) is 5.32 Å². The molecular formula is C12H23ClN2O4. The van der Waals surface area contributed by atoms with Gasteiger partial charge in [0, 0.05) is 26.1 Å². The summed E-state index contributed by atoms with van der Waals surface area (Å²) in [5, 5.41) is 11.9. The smallest absolute Gasteiger partial charge is 0.320 e. The van der Waals surface area contributed by atoms with Crippen molar-refractivity contribution in [1.82, 2.24) is 10.2 Å². The van der Waals surface area contributed by atoms with Crippen molar-refractivity contribution in [3.8, 4) is 0 Å². The summed E-state index contributed by atoms with van der Waals surface area (Å²) < 4.78 is 5.17. The topological polar surface area (TPSA) is 78.9 Å². The van der Waals surface area contributed by atoms with Crippen LogP contribution in [0.5, 0.6) is 0 Å². The first-order chi connectivity index (χ1) is 8.65. The molecule has 2 N–H and O–H groups in total. The lowest BCUT2D eigenvalue weighted by Crippen LogP contribution is -2.43. The number of halogens is 1. The van der Waals surface area contributed by atoms with E-state index in [0.717, 1.165) is 6.42 Å². The van der Waals surface area contributed by atoms with E-state index in [9.17, 15) is 9.59 Å². The quantitative estimate of drug-likeness (QED) is 0.715. The number of rotatable bonds is 7. The third-order valence-corrected chi connectivity index (χ3v) is 2.97. The number of carboxylic acid groups (broad SMARTS) is 1. The lowest BCUT2D eigenvalue weighted by molar-refractivity contribution is -0.140. The van der Waals surface area contributed by atoms with Crippen LogP contribution in [0.3, 0.4) is 0 Å². The zero-order valence-corrected chi connectivity index (χ0v) is 12.1. The Labute approximate surface area is 119 Å². The molecule has 0 aromatic heterocycles. The average Bonchev–Trinajstić information content (AvgIpc) is 2.38. The van der Waals surface area contributed by atoms with Gasteiger partial charge in [-0.15, -0.1) is 12.4 Å². The van der Waals surface area contributed by atoms with Crippen LogP contribution in [-0.2, 0) is 14.3 Å². The monoisotopic (exact) mass is 294 g/mol. The molecule has 0 aromatic rings. The van der Waals surface area contributed by atoms with Gasteiger partial charge in [-0.25, -0.2) is 0 Å². The van der Waals surface area contributed by atoms with Gasteiger partial charge in [-0.2, -0.15) is 0 Å². The molecule has 0 bridgehead atoms. The van der Waals surface area contributed by atoms with Crippen LogP contribution >= 0.6 is 12.4 Å². The van der Waals surface area contributed by atoms with Gasteiger partial charge in [0.1, 0.15) is 6.04 Å². The Morgan fingerprint density at radius 2 is 2.00 bits per heavy atom. The number of carbonyl (C=O) groups is 2. The van der Waals surface area contributed by atoms with Crippen molar-refractivity contribution in [3.63, 3.8) is 0 Å². The van der Waals surface area contributed by atoms with Gasteiger partial charge in [0.05, 0.1) is 13.2 Å². The highest BCUT2D eigenvalue weighted by molar-refractivity contribution is 5.85.